The summed E-state index contributed by atoms with van der Waals surface area (Å²) in [5.74, 6) is 0.747. The van der Waals surface area contributed by atoms with Gasteiger partial charge in [0.15, 0.2) is 0 Å². The van der Waals surface area contributed by atoms with E-state index < -0.39 is 0 Å². The lowest BCUT2D eigenvalue weighted by atomic mass is 9.86. The Hall–Kier alpha value is -0.0800. The van der Waals surface area contributed by atoms with Crippen molar-refractivity contribution in [3.05, 3.63) is 0 Å². The van der Waals surface area contributed by atoms with E-state index in [1.807, 2.05) is 0 Å². The number of likely N-dealkylation sites (tertiary alicyclic amines) is 1. The monoisotopic (exact) mass is 254 g/mol. The van der Waals surface area contributed by atoms with Crippen LogP contribution in [0.5, 0.6) is 0 Å². The minimum atomic E-state index is 0.426. The van der Waals surface area contributed by atoms with Crippen LogP contribution >= 0.6 is 0 Å². The highest BCUT2D eigenvalue weighted by Crippen LogP contribution is 2.32. The summed E-state index contributed by atoms with van der Waals surface area (Å²) in [4.78, 5) is 2.67. The second kappa shape index (κ2) is 6.38. The average Bonchev–Trinajstić information content (AvgIpc) is 2.57. The fourth-order valence-corrected chi connectivity index (χ4v) is 2.85. The Morgan fingerprint density at radius 2 is 2.00 bits per heavy atom. The van der Waals surface area contributed by atoms with Crippen molar-refractivity contribution in [1.29, 1.82) is 0 Å². The maximum atomic E-state index is 3.64. The van der Waals surface area contributed by atoms with Gasteiger partial charge in [0.25, 0.3) is 0 Å². The van der Waals surface area contributed by atoms with E-state index in [9.17, 15) is 0 Å². The topological polar surface area (TPSA) is 15.3 Å². The van der Waals surface area contributed by atoms with Crippen LogP contribution in [0, 0.1) is 16.7 Å². The maximum absolute atomic E-state index is 3.64. The van der Waals surface area contributed by atoms with E-state index in [0.717, 1.165) is 19.0 Å². The van der Waals surface area contributed by atoms with E-state index in [4.69, 9.17) is 0 Å². The lowest BCUT2D eigenvalue weighted by Crippen LogP contribution is -2.42. The van der Waals surface area contributed by atoms with E-state index in [-0.39, 0.29) is 0 Å². The third kappa shape index (κ3) is 5.27. The van der Waals surface area contributed by atoms with Gasteiger partial charge in [0, 0.05) is 19.6 Å². The highest BCUT2D eigenvalue weighted by Gasteiger charge is 2.33. The van der Waals surface area contributed by atoms with Crippen LogP contribution in [0.3, 0.4) is 0 Å². The molecule has 0 aromatic carbocycles. The molecule has 2 nitrogen and oxygen atoms in total. The van der Waals surface area contributed by atoms with Crippen molar-refractivity contribution in [2.75, 3.05) is 32.7 Å². The number of nitrogens with zero attached hydrogens (tertiary/aromatic N) is 1. The fourth-order valence-electron chi connectivity index (χ4n) is 2.85. The smallest absolute Gasteiger partial charge is 0.00476 e. The molecule has 0 saturated carbocycles. The summed E-state index contributed by atoms with van der Waals surface area (Å²) in [7, 11) is 0. The van der Waals surface area contributed by atoms with Gasteiger partial charge in [0.2, 0.25) is 0 Å². The van der Waals surface area contributed by atoms with Gasteiger partial charge in [0.05, 0.1) is 0 Å². The molecule has 18 heavy (non-hydrogen) atoms. The van der Waals surface area contributed by atoms with Crippen LogP contribution in [-0.2, 0) is 0 Å². The Morgan fingerprint density at radius 3 is 2.44 bits per heavy atom. The molecular formula is C16H34N2. The third-order valence-electron chi connectivity index (χ3n) is 4.32. The molecule has 1 rings (SSSR count). The lowest BCUT2D eigenvalue weighted by molar-refractivity contribution is 0.167. The van der Waals surface area contributed by atoms with Crippen molar-refractivity contribution in [1.82, 2.24) is 10.2 Å². The predicted octanol–water partition coefficient (Wildman–Crippen LogP) is 3.38. The van der Waals surface area contributed by atoms with Gasteiger partial charge in [-0.15, -0.1) is 0 Å². The van der Waals surface area contributed by atoms with Gasteiger partial charge < -0.3 is 10.2 Å². The Bertz CT molecular complexity index is 247. The standard InChI is InChI=1S/C16H34N2/c1-7-16(6,11-17-10-14(2)3)13-18-9-8-15(4,5)12-18/h14,17H,7-13H2,1-6H3. The molecule has 1 fully saturated rings. The van der Waals surface area contributed by atoms with Crippen LogP contribution in [-0.4, -0.2) is 37.6 Å². The Morgan fingerprint density at radius 1 is 1.33 bits per heavy atom. The van der Waals surface area contributed by atoms with E-state index in [0.29, 0.717) is 10.8 Å². The third-order valence-corrected chi connectivity index (χ3v) is 4.32. The minimum absolute atomic E-state index is 0.426. The first kappa shape index (κ1) is 16.0. The quantitative estimate of drug-likeness (QED) is 0.749. The molecule has 1 N–H and O–H groups in total. The molecule has 2 heteroatoms. The molecule has 0 aromatic rings. The fraction of sp³-hybridized carbons (Fsp3) is 1.00. The molecule has 0 spiro atoms. The average molecular weight is 254 g/mol. The highest BCUT2D eigenvalue weighted by molar-refractivity contribution is 4.87. The van der Waals surface area contributed by atoms with Crippen molar-refractivity contribution in [2.24, 2.45) is 16.7 Å². The van der Waals surface area contributed by atoms with Crippen molar-refractivity contribution in [2.45, 2.75) is 54.4 Å². The van der Waals surface area contributed by atoms with Crippen LogP contribution in [0.4, 0.5) is 0 Å². The summed E-state index contributed by atoms with van der Waals surface area (Å²) in [6.45, 7) is 20.2. The molecule has 1 atom stereocenters. The van der Waals surface area contributed by atoms with Crippen molar-refractivity contribution in [3.8, 4) is 0 Å². The summed E-state index contributed by atoms with van der Waals surface area (Å²) in [5, 5.41) is 3.64. The van der Waals surface area contributed by atoms with Crippen LogP contribution in [0.2, 0.25) is 0 Å². The predicted molar refractivity (Wildman–Crippen MR) is 80.9 cm³/mol. The second-order valence-corrected chi connectivity index (χ2v) is 7.81. The maximum Gasteiger partial charge on any atom is 0.00476 e. The summed E-state index contributed by atoms with van der Waals surface area (Å²) in [6.07, 6.45) is 2.61. The normalized spacial score (nSPS) is 23.5. The lowest BCUT2D eigenvalue weighted by Gasteiger charge is -2.34. The molecule has 0 bridgehead atoms. The van der Waals surface area contributed by atoms with Crippen LogP contribution in [0.1, 0.15) is 54.4 Å². The van der Waals surface area contributed by atoms with Crippen molar-refractivity contribution < 1.29 is 0 Å². The van der Waals surface area contributed by atoms with Gasteiger partial charge in [-0.2, -0.15) is 0 Å². The molecule has 1 aliphatic rings. The number of nitrogens with one attached hydrogen (secondary N) is 1. The molecule has 1 unspecified atom stereocenters. The Balaban J connectivity index is 2.40. The van der Waals surface area contributed by atoms with E-state index in [2.05, 4.69) is 51.8 Å². The van der Waals surface area contributed by atoms with Crippen LogP contribution in [0.15, 0.2) is 0 Å². The Labute approximate surface area is 115 Å². The molecular weight excluding hydrogens is 220 g/mol. The molecule has 0 aliphatic carbocycles. The van der Waals surface area contributed by atoms with E-state index >= 15 is 0 Å². The van der Waals surface area contributed by atoms with Crippen LogP contribution in [0.25, 0.3) is 0 Å². The molecule has 0 radical (unpaired) electrons. The van der Waals surface area contributed by atoms with Gasteiger partial charge in [-0.05, 0) is 42.7 Å². The largest absolute Gasteiger partial charge is 0.316 e. The van der Waals surface area contributed by atoms with Gasteiger partial charge in [-0.3, -0.25) is 0 Å². The summed E-state index contributed by atoms with van der Waals surface area (Å²) < 4.78 is 0. The highest BCUT2D eigenvalue weighted by atomic mass is 15.2. The van der Waals surface area contributed by atoms with Gasteiger partial charge in [0.1, 0.15) is 0 Å². The SMILES string of the molecule is CCC(C)(CNCC(C)C)CN1CCC(C)(C)C1. The first-order valence-corrected chi connectivity index (χ1v) is 7.69. The number of hydrogen-bond donors (Lipinski definition) is 1. The zero-order valence-corrected chi connectivity index (χ0v) is 13.5. The van der Waals surface area contributed by atoms with Gasteiger partial charge in [-0.25, -0.2) is 0 Å². The minimum Gasteiger partial charge on any atom is -0.316 e. The molecule has 108 valence electrons. The molecule has 1 saturated heterocycles. The molecule has 0 aromatic heterocycles. The van der Waals surface area contributed by atoms with Crippen molar-refractivity contribution >= 4 is 0 Å². The number of hydrogen-bond acceptors (Lipinski definition) is 2. The summed E-state index contributed by atoms with van der Waals surface area (Å²) >= 11 is 0. The van der Waals surface area contributed by atoms with E-state index in [1.165, 1.54) is 32.5 Å². The zero-order chi connectivity index (χ0) is 13.8. The zero-order valence-electron chi connectivity index (χ0n) is 13.5. The van der Waals surface area contributed by atoms with E-state index in [1.54, 1.807) is 0 Å². The first-order valence-electron chi connectivity index (χ1n) is 7.69. The summed E-state index contributed by atoms with van der Waals surface area (Å²) in [5.41, 5.74) is 0.954. The van der Waals surface area contributed by atoms with Crippen molar-refractivity contribution in [3.63, 3.8) is 0 Å². The molecule has 0 amide bonds. The Kier molecular flexibility index (Phi) is 5.67. The second-order valence-electron chi connectivity index (χ2n) is 7.81. The van der Waals surface area contributed by atoms with Gasteiger partial charge >= 0.3 is 0 Å². The van der Waals surface area contributed by atoms with Crippen LogP contribution < -0.4 is 5.32 Å². The number of rotatable bonds is 7. The first-order chi connectivity index (χ1) is 8.26. The van der Waals surface area contributed by atoms with Gasteiger partial charge in [-0.1, -0.05) is 41.5 Å². The molecule has 1 aliphatic heterocycles. The molecule has 1 heterocycles. The summed E-state index contributed by atoms with van der Waals surface area (Å²) in [6, 6.07) is 0.